The van der Waals surface area contributed by atoms with Crippen LogP contribution in [0, 0.1) is 23.2 Å². The summed E-state index contributed by atoms with van der Waals surface area (Å²) in [6, 6.07) is 5.88. The zero-order valence-corrected chi connectivity index (χ0v) is 32.5. The summed E-state index contributed by atoms with van der Waals surface area (Å²) < 4.78 is 5.47. The SMILES string of the molecule is CC(C)COC(=O)N[C@H](CN1CC(C)(C)C[C@H]1C(=O)N[C@@H](CC(C)C)C(=O)C(=O)NCC(=O)N[C@H](C(=O)N(C)C)c1ccccc1)C1CCCCC1. The van der Waals surface area contributed by atoms with Crippen LogP contribution in [0.1, 0.15) is 98.1 Å². The maximum absolute atomic E-state index is 14.0. The lowest BCUT2D eigenvalue weighted by Gasteiger charge is -2.35. The molecule has 290 valence electrons. The van der Waals surface area contributed by atoms with Crippen molar-refractivity contribution in [2.45, 2.75) is 111 Å². The molecule has 0 aromatic heterocycles. The Morgan fingerprint density at radius 2 is 1.56 bits per heavy atom. The third-order valence-electron chi connectivity index (χ3n) is 9.72. The number of carbonyl (C=O) groups excluding carboxylic acids is 6. The summed E-state index contributed by atoms with van der Waals surface area (Å²) in [6.45, 7) is 12.8. The van der Waals surface area contributed by atoms with Crippen LogP contribution in [0.15, 0.2) is 30.3 Å². The Kier molecular flexibility index (Phi) is 16.1. The van der Waals surface area contributed by atoms with Crippen molar-refractivity contribution in [3.63, 3.8) is 0 Å². The largest absolute Gasteiger partial charge is 0.449 e. The molecular weight excluding hydrogens is 664 g/mol. The minimum absolute atomic E-state index is 0.0260. The fourth-order valence-electron chi connectivity index (χ4n) is 7.14. The number of nitrogens with one attached hydrogen (secondary N) is 4. The van der Waals surface area contributed by atoms with Crippen LogP contribution in [0.5, 0.6) is 0 Å². The van der Waals surface area contributed by atoms with Crippen LogP contribution in [0.2, 0.25) is 0 Å². The second-order valence-electron chi connectivity index (χ2n) is 16.3. The Bertz CT molecular complexity index is 1380. The molecule has 0 spiro atoms. The van der Waals surface area contributed by atoms with Crippen molar-refractivity contribution < 1.29 is 33.5 Å². The van der Waals surface area contributed by atoms with Crippen LogP contribution in [0.4, 0.5) is 4.79 Å². The summed E-state index contributed by atoms with van der Waals surface area (Å²) in [5.74, 6) is -2.76. The number of benzene rings is 1. The monoisotopic (exact) mass is 726 g/mol. The molecule has 2 fully saturated rings. The zero-order chi connectivity index (χ0) is 38.6. The smallest absolute Gasteiger partial charge is 0.407 e. The summed E-state index contributed by atoms with van der Waals surface area (Å²) in [7, 11) is 3.16. The van der Waals surface area contributed by atoms with Gasteiger partial charge in [-0.3, -0.25) is 28.9 Å². The number of carbonyl (C=O) groups is 6. The van der Waals surface area contributed by atoms with E-state index in [1.165, 1.54) is 4.90 Å². The van der Waals surface area contributed by atoms with Crippen LogP contribution >= 0.6 is 0 Å². The van der Waals surface area contributed by atoms with Crippen molar-refractivity contribution in [3.8, 4) is 0 Å². The summed E-state index contributed by atoms with van der Waals surface area (Å²) in [5, 5.41) is 11.0. The number of ketones is 1. The average Bonchev–Trinajstić information content (AvgIpc) is 3.41. The average molecular weight is 727 g/mol. The predicted molar refractivity (Wildman–Crippen MR) is 199 cm³/mol. The highest BCUT2D eigenvalue weighted by Gasteiger charge is 2.44. The molecule has 1 aromatic rings. The van der Waals surface area contributed by atoms with Crippen LogP contribution in [0.3, 0.4) is 0 Å². The third kappa shape index (κ3) is 13.2. The molecule has 13 heteroatoms. The van der Waals surface area contributed by atoms with E-state index in [-0.39, 0.29) is 47.4 Å². The topological polar surface area (TPSA) is 166 Å². The van der Waals surface area contributed by atoms with Gasteiger partial charge in [0, 0.05) is 33.2 Å². The van der Waals surface area contributed by atoms with E-state index in [1.807, 2.05) is 27.7 Å². The summed E-state index contributed by atoms with van der Waals surface area (Å²) in [6.07, 6.45) is 5.62. The number of hydrogen-bond donors (Lipinski definition) is 4. The molecule has 0 bridgehead atoms. The lowest BCUT2D eigenvalue weighted by molar-refractivity contribution is -0.141. The van der Waals surface area contributed by atoms with Crippen molar-refractivity contribution in [2.75, 3.05) is 40.3 Å². The third-order valence-corrected chi connectivity index (χ3v) is 9.72. The molecule has 4 atom stereocenters. The second kappa shape index (κ2) is 19.7. The molecule has 2 aliphatic rings. The maximum Gasteiger partial charge on any atom is 0.407 e. The Balaban J connectivity index is 1.69. The first-order valence-corrected chi connectivity index (χ1v) is 18.8. The van der Waals surface area contributed by atoms with Gasteiger partial charge in [-0.1, -0.05) is 91.1 Å². The van der Waals surface area contributed by atoms with Crippen molar-refractivity contribution in [2.24, 2.45) is 23.2 Å². The molecular formula is C39H62N6O7. The van der Waals surface area contributed by atoms with Gasteiger partial charge >= 0.3 is 6.09 Å². The molecule has 3 rings (SSSR count). The Morgan fingerprint density at radius 3 is 2.15 bits per heavy atom. The molecule has 1 aromatic carbocycles. The zero-order valence-electron chi connectivity index (χ0n) is 32.5. The molecule has 0 radical (unpaired) electrons. The fraction of sp³-hybridized carbons (Fsp3) is 0.692. The van der Waals surface area contributed by atoms with Gasteiger partial charge in [-0.2, -0.15) is 0 Å². The molecule has 1 saturated carbocycles. The van der Waals surface area contributed by atoms with Gasteiger partial charge in [-0.05, 0) is 54.4 Å². The summed E-state index contributed by atoms with van der Waals surface area (Å²) in [5.41, 5.74) is 0.373. The van der Waals surface area contributed by atoms with Gasteiger partial charge < -0.3 is 30.9 Å². The molecule has 1 saturated heterocycles. The minimum atomic E-state index is -1.10. The number of likely N-dealkylation sites (N-methyl/N-ethyl adjacent to an activating group) is 1. The van der Waals surface area contributed by atoms with Crippen LogP contribution in [0.25, 0.3) is 0 Å². The molecule has 1 heterocycles. The van der Waals surface area contributed by atoms with Gasteiger partial charge in [-0.15, -0.1) is 0 Å². The van der Waals surface area contributed by atoms with E-state index in [2.05, 4.69) is 40.0 Å². The molecule has 0 unspecified atom stereocenters. The van der Waals surface area contributed by atoms with Crippen molar-refractivity contribution in [1.82, 2.24) is 31.1 Å². The lowest BCUT2D eigenvalue weighted by Crippen LogP contribution is -2.56. The molecule has 1 aliphatic carbocycles. The molecule has 1 aliphatic heterocycles. The number of Topliss-reactive ketones (excluding diaryl/α,β-unsaturated/α-hetero) is 1. The van der Waals surface area contributed by atoms with Crippen molar-refractivity contribution in [3.05, 3.63) is 35.9 Å². The Hall–Kier alpha value is -4.00. The quantitative estimate of drug-likeness (QED) is 0.177. The Labute approximate surface area is 309 Å². The Morgan fingerprint density at radius 1 is 0.904 bits per heavy atom. The van der Waals surface area contributed by atoms with E-state index < -0.39 is 48.4 Å². The van der Waals surface area contributed by atoms with E-state index in [0.29, 0.717) is 31.7 Å². The number of nitrogens with zero attached hydrogens (tertiary/aromatic N) is 2. The standard InChI is InChI=1S/C39H62N6O7/c1-25(2)19-29(34(47)36(49)40-21-32(46)43-33(37(50)44(7)8)28-17-13-10-14-18-28)41-35(48)31-20-39(5,6)24-45(31)22-30(27-15-11-9-12-16-27)42-38(51)52-23-26(3)4/h10,13-14,17-18,25-27,29-31,33H,9,11-12,15-16,19-24H2,1-8H3,(H,40,49)(H,41,48)(H,42,51)(H,43,46)/t29-,30+,31-,33-/m0/s1. The minimum Gasteiger partial charge on any atom is -0.449 e. The van der Waals surface area contributed by atoms with Crippen LogP contribution < -0.4 is 21.3 Å². The van der Waals surface area contributed by atoms with Gasteiger partial charge in [-0.25, -0.2) is 4.79 Å². The van der Waals surface area contributed by atoms with Gasteiger partial charge in [0.2, 0.25) is 23.5 Å². The molecule has 52 heavy (non-hydrogen) atoms. The number of alkyl carbamates (subject to hydrolysis) is 1. The maximum atomic E-state index is 14.0. The first-order valence-electron chi connectivity index (χ1n) is 18.8. The van der Waals surface area contributed by atoms with E-state index in [9.17, 15) is 28.8 Å². The number of amides is 5. The summed E-state index contributed by atoms with van der Waals surface area (Å²) in [4.78, 5) is 82.7. The molecule has 4 N–H and O–H groups in total. The van der Waals surface area contributed by atoms with Gasteiger partial charge in [0.1, 0.15) is 6.04 Å². The highest BCUT2D eigenvalue weighted by atomic mass is 16.5. The molecule has 13 nitrogen and oxygen atoms in total. The van der Waals surface area contributed by atoms with Gasteiger partial charge in [0.05, 0.1) is 25.2 Å². The van der Waals surface area contributed by atoms with Crippen LogP contribution in [-0.2, 0) is 28.7 Å². The number of likely N-dealkylation sites (tertiary alicyclic amines) is 1. The van der Waals surface area contributed by atoms with E-state index in [4.69, 9.17) is 4.74 Å². The van der Waals surface area contributed by atoms with E-state index in [1.54, 1.807) is 44.4 Å². The fourth-order valence-corrected chi connectivity index (χ4v) is 7.14. The number of ether oxygens (including phenoxy) is 1. The first kappa shape index (κ1) is 42.4. The first-order chi connectivity index (χ1) is 24.5. The van der Waals surface area contributed by atoms with Crippen LogP contribution in [-0.4, -0.2) is 104 Å². The summed E-state index contributed by atoms with van der Waals surface area (Å²) >= 11 is 0. The van der Waals surface area contributed by atoms with E-state index in [0.717, 1.165) is 32.1 Å². The van der Waals surface area contributed by atoms with Gasteiger partial charge in [0.25, 0.3) is 5.91 Å². The number of rotatable bonds is 17. The second-order valence-corrected chi connectivity index (χ2v) is 16.3. The normalized spacial score (nSPS) is 19.3. The molecule has 5 amide bonds. The number of hydrogen-bond acceptors (Lipinski definition) is 8. The lowest BCUT2D eigenvalue weighted by atomic mass is 9.83. The highest BCUT2D eigenvalue weighted by molar-refractivity contribution is 6.38. The predicted octanol–water partition coefficient (Wildman–Crippen LogP) is 3.58. The van der Waals surface area contributed by atoms with Gasteiger partial charge in [0.15, 0.2) is 0 Å². The van der Waals surface area contributed by atoms with Crippen molar-refractivity contribution in [1.29, 1.82) is 0 Å². The highest BCUT2D eigenvalue weighted by Crippen LogP contribution is 2.36. The van der Waals surface area contributed by atoms with E-state index >= 15 is 0 Å². The van der Waals surface area contributed by atoms with Crippen molar-refractivity contribution >= 4 is 35.5 Å².